The lowest BCUT2D eigenvalue weighted by Crippen LogP contribution is -2.36. The number of hydrogen-bond acceptors (Lipinski definition) is 7. The van der Waals surface area contributed by atoms with Crippen LogP contribution in [0.4, 0.5) is 5.13 Å². The topological polar surface area (TPSA) is 64.1 Å². The normalized spacial score (nSPS) is 12.6. The van der Waals surface area contributed by atoms with Crippen LogP contribution < -0.4 is 19.1 Å². The molecule has 28 heavy (non-hydrogen) atoms. The summed E-state index contributed by atoms with van der Waals surface area (Å²) in [5.74, 6) is 1.93. The first kappa shape index (κ1) is 18.5. The Hall–Kier alpha value is -2.84. The molecule has 7 nitrogen and oxygen atoms in total. The molecule has 2 heterocycles. The molecule has 0 saturated heterocycles. The van der Waals surface area contributed by atoms with E-state index >= 15 is 0 Å². The van der Waals surface area contributed by atoms with Gasteiger partial charge in [0.15, 0.2) is 16.6 Å². The summed E-state index contributed by atoms with van der Waals surface area (Å²) in [7, 11) is 5.54. The van der Waals surface area contributed by atoms with Crippen molar-refractivity contribution in [1.82, 2.24) is 9.88 Å². The van der Waals surface area contributed by atoms with E-state index in [0.717, 1.165) is 10.2 Å². The van der Waals surface area contributed by atoms with Gasteiger partial charge in [0, 0.05) is 30.8 Å². The van der Waals surface area contributed by atoms with Gasteiger partial charge in [0.05, 0.1) is 17.3 Å². The van der Waals surface area contributed by atoms with Gasteiger partial charge in [-0.1, -0.05) is 17.4 Å². The van der Waals surface area contributed by atoms with Crippen molar-refractivity contribution in [2.24, 2.45) is 0 Å². The highest BCUT2D eigenvalue weighted by Crippen LogP contribution is 2.40. The molecule has 1 aliphatic heterocycles. The SMILES string of the molecule is COc1cccc(C(=O)N(CCN(C)C)c2nc3cc4c(cc3s2)OCO4)c1. The summed E-state index contributed by atoms with van der Waals surface area (Å²) in [6.45, 7) is 1.46. The maximum Gasteiger partial charge on any atom is 0.260 e. The molecule has 0 atom stereocenters. The zero-order valence-electron chi connectivity index (χ0n) is 16.0. The third kappa shape index (κ3) is 3.61. The maximum absolute atomic E-state index is 13.3. The minimum absolute atomic E-state index is 0.111. The first-order chi connectivity index (χ1) is 13.5. The van der Waals surface area contributed by atoms with E-state index in [-0.39, 0.29) is 12.7 Å². The van der Waals surface area contributed by atoms with E-state index in [1.54, 1.807) is 24.1 Å². The molecule has 1 aromatic heterocycles. The monoisotopic (exact) mass is 399 g/mol. The Labute approximate surface area is 167 Å². The fourth-order valence-corrected chi connectivity index (χ4v) is 3.92. The Morgan fingerprint density at radius 1 is 1.18 bits per heavy atom. The Morgan fingerprint density at radius 3 is 2.71 bits per heavy atom. The summed E-state index contributed by atoms with van der Waals surface area (Å²) < 4.78 is 17.1. The predicted molar refractivity (Wildman–Crippen MR) is 109 cm³/mol. The van der Waals surface area contributed by atoms with Crippen LogP contribution in [0.1, 0.15) is 10.4 Å². The molecule has 146 valence electrons. The molecule has 0 unspecified atom stereocenters. The second-order valence-electron chi connectivity index (χ2n) is 6.66. The lowest BCUT2D eigenvalue weighted by molar-refractivity contribution is 0.0985. The van der Waals surface area contributed by atoms with Crippen molar-refractivity contribution in [3.63, 3.8) is 0 Å². The van der Waals surface area contributed by atoms with Crippen LogP contribution in [0.25, 0.3) is 10.2 Å². The highest BCUT2D eigenvalue weighted by Gasteiger charge is 2.23. The molecule has 0 spiro atoms. The van der Waals surface area contributed by atoms with Crippen LogP contribution in [0.3, 0.4) is 0 Å². The molecule has 1 amide bonds. The number of amides is 1. The molecule has 0 bridgehead atoms. The second-order valence-corrected chi connectivity index (χ2v) is 7.67. The average molecular weight is 399 g/mol. The third-order valence-corrected chi connectivity index (χ3v) is 5.48. The van der Waals surface area contributed by atoms with Crippen LogP contribution in [0, 0.1) is 0 Å². The number of likely N-dealkylation sites (N-methyl/N-ethyl adjacent to an activating group) is 1. The largest absolute Gasteiger partial charge is 0.497 e. The summed E-state index contributed by atoms with van der Waals surface area (Å²) in [6.07, 6.45) is 0. The van der Waals surface area contributed by atoms with Crippen molar-refractivity contribution in [2.45, 2.75) is 0 Å². The fourth-order valence-electron chi connectivity index (χ4n) is 2.92. The zero-order valence-corrected chi connectivity index (χ0v) is 16.8. The molecule has 3 aromatic rings. The number of carbonyl (C=O) groups excluding carboxylic acids is 1. The van der Waals surface area contributed by atoms with Gasteiger partial charge in [-0.15, -0.1) is 0 Å². The molecule has 2 aromatic carbocycles. The number of aromatic nitrogens is 1. The van der Waals surface area contributed by atoms with Gasteiger partial charge in [-0.2, -0.15) is 0 Å². The number of anilines is 1. The van der Waals surface area contributed by atoms with E-state index in [1.807, 2.05) is 43.3 Å². The van der Waals surface area contributed by atoms with Gasteiger partial charge in [-0.25, -0.2) is 4.98 Å². The Balaban J connectivity index is 1.71. The van der Waals surface area contributed by atoms with Gasteiger partial charge < -0.3 is 19.1 Å². The fraction of sp³-hybridized carbons (Fsp3) is 0.300. The first-order valence-corrected chi connectivity index (χ1v) is 9.67. The number of hydrogen-bond donors (Lipinski definition) is 0. The van der Waals surface area contributed by atoms with E-state index in [4.69, 9.17) is 19.2 Å². The molecule has 1 aliphatic rings. The molecule has 0 saturated carbocycles. The van der Waals surface area contributed by atoms with Crippen LogP contribution in [0.15, 0.2) is 36.4 Å². The summed E-state index contributed by atoms with van der Waals surface area (Å²) >= 11 is 1.46. The van der Waals surface area contributed by atoms with E-state index in [2.05, 4.69) is 0 Å². The van der Waals surface area contributed by atoms with E-state index < -0.39 is 0 Å². The smallest absolute Gasteiger partial charge is 0.260 e. The summed E-state index contributed by atoms with van der Waals surface area (Å²) in [5.41, 5.74) is 1.35. The van der Waals surface area contributed by atoms with Crippen molar-refractivity contribution in [2.75, 3.05) is 46.0 Å². The van der Waals surface area contributed by atoms with Crippen LogP contribution >= 0.6 is 11.3 Å². The van der Waals surface area contributed by atoms with Gasteiger partial charge in [0.2, 0.25) is 6.79 Å². The van der Waals surface area contributed by atoms with E-state index in [1.165, 1.54) is 11.3 Å². The third-order valence-electron chi connectivity index (χ3n) is 4.44. The molecular weight excluding hydrogens is 378 g/mol. The van der Waals surface area contributed by atoms with Crippen LogP contribution in [0.5, 0.6) is 17.2 Å². The van der Waals surface area contributed by atoms with Crippen molar-refractivity contribution < 1.29 is 19.0 Å². The van der Waals surface area contributed by atoms with Crippen molar-refractivity contribution >= 4 is 32.6 Å². The Bertz CT molecular complexity index is 977. The predicted octanol–water partition coefficient (Wildman–Crippen LogP) is 3.24. The van der Waals surface area contributed by atoms with Gasteiger partial charge >= 0.3 is 0 Å². The molecule has 0 aliphatic carbocycles. The average Bonchev–Trinajstić information content (AvgIpc) is 3.31. The number of nitrogens with zero attached hydrogens (tertiary/aromatic N) is 3. The minimum atomic E-state index is -0.111. The quantitative estimate of drug-likeness (QED) is 0.634. The van der Waals surface area contributed by atoms with Crippen LogP contribution in [-0.2, 0) is 0 Å². The van der Waals surface area contributed by atoms with Gasteiger partial charge in [0.25, 0.3) is 5.91 Å². The summed E-state index contributed by atoms with van der Waals surface area (Å²) in [5, 5.41) is 0.647. The molecule has 0 fully saturated rings. The number of fused-ring (bicyclic) bond motifs is 2. The van der Waals surface area contributed by atoms with Crippen molar-refractivity contribution in [3.8, 4) is 17.2 Å². The van der Waals surface area contributed by atoms with Gasteiger partial charge in [-0.05, 0) is 32.3 Å². The zero-order chi connectivity index (χ0) is 19.7. The Morgan fingerprint density at radius 2 is 1.96 bits per heavy atom. The van der Waals surface area contributed by atoms with E-state index in [0.29, 0.717) is 41.0 Å². The maximum atomic E-state index is 13.3. The number of thiazole rings is 1. The number of ether oxygens (including phenoxy) is 3. The number of rotatable bonds is 6. The number of benzene rings is 2. The van der Waals surface area contributed by atoms with Crippen molar-refractivity contribution in [3.05, 3.63) is 42.0 Å². The molecular formula is C20H21N3O4S. The first-order valence-electron chi connectivity index (χ1n) is 8.86. The summed E-state index contributed by atoms with van der Waals surface area (Å²) in [6, 6.07) is 10.9. The lowest BCUT2D eigenvalue weighted by atomic mass is 10.2. The van der Waals surface area contributed by atoms with Crippen LogP contribution in [0.2, 0.25) is 0 Å². The number of methoxy groups -OCH3 is 1. The van der Waals surface area contributed by atoms with Crippen LogP contribution in [-0.4, -0.2) is 56.9 Å². The standard InChI is InChI=1S/C20H21N3O4S/c1-22(2)7-8-23(19(24)13-5-4-6-14(9-13)25-3)20-21-15-10-16-17(27-12-26-16)11-18(15)28-20/h4-6,9-11H,7-8,12H2,1-3H3. The van der Waals surface area contributed by atoms with Crippen molar-refractivity contribution in [1.29, 1.82) is 0 Å². The molecule has 8 heteroatoms. The highest BCUT2D eigenvalue weighted by atomic mass is 32.1. The lowest BCUT2D eigenvalue weighted by Gasteiger charge is -2.22. The molecule has 0 N–H and O–H groups in total. The molecule has 4 rings (SSSR count). The second kappa shape index (κ2) is 7.65. The summed E-state index contributed by atoms with van der Waals surface area (Å²) in [4.78, 5) is 21.7. The van der Waals surface area contributed by atoms with E-state index in [9.17, 15) is 4.79 Å². The molecule has 0 radical (unpaired) electrons. The highest BCUT2D eigenvalue weighted by molar-refractivity contribution is 7.22. The van der Waals surface area contributed by atoms with Gasteiger partial charge in [0.1, 0.15) is 5.75 Å². The van der Waals surface area contributed by atoms with Gasteiger partial charge in [-0.3, -0.25) is 9.69 Å². The minimum Gasteiger partial charge on any atom is -0.497 e. The number of carbonyl (C=O) groups is 1. The Kier molecular flexibility index (Phi) is 5.06.